The molecule has 4 nitrogen and oxygen atoms in total. The van der Waals surface area contributed by atoms with Crippen molar-refractivity contribution in [2.75, 3.05) is 18.0 Å². The third kappa shape index (κ3) is 2.07. The quantitative estimate of drug-likeness (QED) is 0.879. The van der Waals surface area contributed by atoms with E-state index in [1.807, 2.05) is 0 Å². The summed E-state index contributed by atoms with van der Waals surface area (Å²) in [4.78, 5) is 16.2. The van der Waals surface area contributed by atoms with Crippen LogP contribution in [0.2, 0.25) is 0 Å². The molecular weight excluding hydrogens is 230 g/mol. The van der Waals surface area contributed by atoms with Crippen molar-refractivity contribution in [2.24, 2.45) is 0 Å². The van der Waals surface area contributed by atoms with E-state index >= 15 is 0 Å². The summed E-state index contributed by atoms with van der Waals surface area (Å²) in [7, 11) is 0. The average Bonchev–Trinajstić information content (AvgIpc) is 2.82. The number of aliphatic carboxylic acids is 1. The van der Waals surface area contributed by atoms with E-state index in [2.05, 4.69) is 4.98 Å². The third-order valence-corrected chi connectivity index (χ3v) is 2.80. The Balaban J connectivity index is 2.43. The molecule has 0 spiro atoms. The fraction of sp³-hybridized carbons (Fsp3) is 0.455. The highest BCUT2D eigenvalue weighted by Crippen LogP contribution is 2.35. The first-order chi connectivity index (χ1) is 8.03. The fourth-order valence-electron chi connectivity index (χ4n) is 1.94. The summed E-state index contributed by atoms with van der Waals surface area (Å²) >= 11 is 0. The summed E-state index contributed by atoms with van der Waals surface area (Å²) in [5.74, 6) is -5.96. The summed E-state index contributed by atoms with van der Waals surface area (Å²) in [5.41, 5.74) is -0.533. The van der Waals surface area contributed by atoms with Crippen LogP contribution in [-0.2, 0) is 10.7 Å². The Morgan fingerprint density at radius 3 is 2.65 bits per heavy atom. The molecule has 92 valence electrons. The minimum atomic E-state index is -3.90. The molecule has 1 aliphatic heterocycles. The number of carboxylic acids is 1. The molecule has 1 saturated heterocycles. The van der Waals surface area contributed by atoms with Gasteiger partial charge in [0.25, 0.3) is 0 Å². The molecule has 2 rings (SSSR count). The Labute approximate surface area is 96.9 Å². The molecule has 17 heavy (non-hydrogen) atoms. The molecule has 1 fully saturated rings. The normalized spacial score (nSPS) is 16.2. The molecule has 0 unspecified atom stereocenters. The zero-order chi connectivity index (χ0) is 12.5. The smallest absolute Gasteiger partial charge is 0.379 e. The van der Waals surface area contributed by atoms with Gasteiger partial charge in [0.05, 0.1) is 5.56 Å². The molecular formula is C11H12F2N2O2. The van der Waals surface area contributed by atoms with Crippen molar-refractivity contribution in [3.63, 3.8) is 0 Å². The van der Waals surface area contributed by atoms with Crippen LogP contribution in [-0.4, -0.2) is 29.1 Å². The lowest BCUT2D eigenvalue weighted by Gasteiger charge is -2.22. The van der Waals surface area contributed by atoms with E-state index in [0.29, 0.717) is 13.1 Å². The Morgan fingerprint density at radius 2 is 2.06 bits per heavy atom. The number of halogens is 2. The van der Waals surface area contributed by atoms with E-state index in [9.17, 15) is 13.6 Å². The van der Waals surface area contributed by atoms with Crippen molar-refractivity contribution >= 4 is 11.8 Å². The van der Waals surface area contributed by atoms with Crippen LogP contribution in [0.5, 0.6) is 0 Å². The predicted octanol–water partition coefficient (Wildman–Crippen LogP) is 1.86. The van der Waals surface area contributed by atoms with E-state index in [0.717, 1.165) is 18.9 Å². The average molecular weight is 242 g/mol. The molecule has 1 aromatic heterocycles. The Bertz CT molecular complexity index is 431. The first-order valence-corrected chi connectivity index (χ1v) is 5.35. The number of hydrogen-bond acceptors (Lipinski definition) is 3. The van der Waals surface area contributed by atoms with Gasteiger partial charge in [-0.05, 0) is 25.0 Å². The molecule has 0 aliphatic carbocycles. The van der Waals surface area contributed by atoms with Crippen LogP contribution in [0, 0.1) is 0 Å². The number of hydrogen-bond donors (Lipinski definition) is 1. The van der Waals surface area contributed by atoms with Crippen molar-refractivity contribution in [1.82, 2.24) is 4.98 Å². The molecule has 1 aromatic rings. The van der Waals surface area contributed by atoms with Gasteiger partial charge < -0.3 is 10.0 Å². The fourth-order valence-corrected chi connectivity index (χ4v) is 1.94. The number of rotatable bonds is 3. The van der Waals surface area contributed by atoms with Gasteiger partial charge >= 0.3 is 11.9 Å². The number of carboxylic acid groups (broad SMARTS) is 1. The largest absolute Gasteiger partial charge is 0.477 e. The van der Waals surface area contributed by atoms with E-state index in [-0.39, 0.29) is 5.82 Å². The molecule has 0 saturated carbocycles. The molecule has 0 radical (unpaired) electrons. The maximum absolute atomic E-state index is 13.5. The van der Waals surface area contributed by atoms with Gasteiger partial charge in [-0.3, -0.25) is 0 Å². The molecule has 1 N–H and O–H groups in total. The van der Waals surface area contributed by atoms with Gasteiger partial charge in [-0.25, -0.2) is 9.78 Å². The topological polar surface area (TPSA) is 53.4 Å². The Kier molecular flexibility index (Phi) is 2.95. The van der Waals surface area contributed by atoms with Gasteiger partial charge in [0.15, 0.2) is 0 Å². The maximum Gasteiger partial charge on any atom is 0.379 e. The number of nitrogens with zero attached hydrogens (tertiary/aromatic N) is 2. The van der Waals surface area contributed by atoms with E-state index < -0.39 is 17.5 Å². The van der Waals surface area contributed by atoms with Crippen molar-refractivity contribution in [3.05, 3.63) is 23.9 Å². The second-order valence-electron chi connectivity index (χ2n) is 3.95. The van der Waals surface area contributed by atoms with E-state index in [4.69, 9.17) is 5.11 Å². The molecule has 0 aromatic carbocycles. The van der Waals surface area contributed by atoms with Crippen LogP contribution >= 0.6 is 0 Å². The standard InChI is InChI=1S/C11H12F2N2O2/c12-11(13,10(16)17)8-4-3-5-14-9(8)15-6-1-2-7-15/h3-5H,1-2,6-7H2,(H,16,17). The SMILES string of the molecule is O=C(O)C(F)(F)c1cccnc1N1CCCC1. The first kappa shape index (κ1) is 11.8. The minimum Gasteiger partial charge on any atom is -0.477 e. The summed E-state index contributed by atoms with van der Waals surface area (Å²) < 4.78 is 27.1. The van der Waals surface area contributed by atoms with Gasteiger partial charge in [-0.1, -0.05) is 0 Å². The Morgan fingerprint density at radius 1 is 1.41 bits per heavy atom. The zero-order valence-corrected chi connectivity index (χ0v) is 9.07. The number of anilines is 1. The van der Waals surface area contributed by atoms with Crippen LogP contribution in [0.4, 0.5) is 14.6 Å². The number of alkyl halides is 2. The lowest BCUT2D eigenvalue weighted by molar-refractivity contribution is -0.166. The van der Waals surface area contributed by atoms with Gasteiger partial charge in [-0.2, -0.15) is 8.78 Å². The monoisotopic (exact) mass is 242 g/mol. The van der Waals surface area contributed by atoms with Crippen LogP contribution < -0.4 is 4.90 Å². The number of carbonyl (C=O) groups is 1. The summed E-state index contributed by atoms with van der Waals surface area (Å²) in [6.07, 6.45) is 3.22. The predicted molar refractivity (Wildman–Crippen MR) is 57.2 cm³/mol. The molecule has 0 atom stereocenters. The van der Waals surface area contributed by atoms with Gasteiger partial charge in [0.1, 0.15) is 5.82 Å². The second kappa shape index (κ2) is 4.27. The molecule has 0 amide bonds. The van der Waals surface area contributed by atoms with Crippen molar-refractivity contribution < 1.29 is 18.7 Å². The second-order valence-corrected chi connectivity index (χ2v) is 3.95. The highest BCUT2D eigenvalue weighted by molar-refractivity contribution is 5.79. The summed E-state index contributed by atoms with van der Waals surface area (Å²) in [6, 6.07) is 2.44. The van der Waals surface area contributed by atoms with Crippen LogP contribution in [0.3, 0.4) is 0 Å². The molecule has 2 heterocycles. The van der Waals surface area contributed by atoms with Gasteiger partial charge in [-0.15, -0.1) is 0 Å². The lowest BCUT2D eigenvalue weighted by Crippen LogP contribution is -2.30. The van der Waals surface area contributed by atoms with Crippen molar-refractivity contribution in [1.29, 1.82) is 0 Å². The van der Waals surface area contributed by atoms with Gasteiger partial charge in [0, 0.05) is 19.3 Å². The van der Waals surface area contributed by atoms with Gasteiger partial charge in [0.2, 0.25) is 0 Å². The maximum atomic E-state index is 13.5. The molecule has 0 bridgehead atoms. The van der Waals surface area contributed by atoms with Crippen LogP contribution in [0.1, 0.15) is 18.4 Å². The number of pyridine rings is 1. The molecule has 6 heteroatoms. The van der Waals surface area contributed by atoms with Crippen molar-refractivity contribution in [2.45, 2.75) is 18.8 Å². The van der Waals surface area contributed by atoms with E-state index in [1.54, 1.807) is 4.90 Å². The summed E-state index contributed by atoms with van der Waals surface area (Å²) in [5, 5.41) is 8.57. The zero-order valence-electron chi connectivity index (χ0n) is 9.07. The van der Waals surface area contributed by atoms with Crippen LogP contribution in [0.15, 0.2) is 18.3 Å². The highest BCUT2D eigenvalue weighted by atomic mass is 19.3. The summed E-state index contributed by atoms with van der Waals surface area (Å²) in [6.45, 7) is 1.28. The van der Waals surface area contributed by atoms with Crippen LogP contribution in [0.25, 0.3) is 0 Å². The Hall–Kier alpha value is -1.72. The third-order valence-electron chi connectivity index (χ3n) is 2.80. The first-order valence-electron chi connectivity index (χ1n) is 5.35. The molecule has 1 aliphatic rings. The van der Waals surface area contributed by atoms with E-state index in [1.165, 1.54) is 12.3 Å². The lowest BCUT2D eigenvalue weighted by atomic mass is 10.1. The number of aromatic nitrogens is 1. The minimum absolute atomic E-state index is 0.0809. The van der Waals surface area contributed by atoms with Crippen molar-refractivity contribution in [3.8, 4) is 0 Å². The highest BCUT2D eigenvalue weighted by Gasteiger charge is 2.44.